The van der Waals surface area contributed by atoms with E-state index in [1.807, 2.05) is 24.3 Å². The Balaban J connectivity index is 2.36. The van der Waals surface area contributed by atoms with E-state index in [4.69, 9.17) is 0 Å². The summed E-state index contributed by atoms with van der Waals surface area (Å²) < 4.78 is 0. The van der Waals surface area contributed by atoms with Gasteiger partial charge in [0.15, 0.2) is 0 Å². The van der Waals surface area contributed by atoms with Crippen molar-refractivity contribution in [2.75, 3.05) is 6.54 Å². The summed E-state index contributed by atoms with van der Waals surface area (Å²) in [4.78, 5) is 13.1. The van der Waals surface area contributed by atoms with Gasteiger partial charge in [0.1, 0.15) is 12.3 Å². The van der Waals surface area contributed by atoms with Crippen molar-refractivity contribution in [2.24, 2.45) is 5.18 Å². The minimum atomic E-state index is 0.0720. The molecule has 1 atom stereocenters. The standard InChI is InChI=1S/C22H30N2O2/c1-16(2)24(17(3)4)13-12-20(19-8-6-5-7-9-19)21-14-18(15-23-26)10-11-22(21)25/h5-11,14,16-17,20,25H,12-13,15H2,1-4H3/t20-/m1/s1. The van der Waals surface area contributed by atoms with Gasteiger partial charge in [0.2, 0.25) is 0 Å². The third-order valence-corrected chi connectivity index (χ3v) is 4.92. The Morgan fingerprint density at radius 2 is 1.65 bits per heavy atom. The van der Waals surface area contributed by atoms with Crippen molar-refractivity contribution in [3.8, 4) is 5.75 Å². The van der Waals surface area contributed by atoms with Crippen LogP contribution in [-0.4, -0.2) is 28.6 Å². The van der Waals surface area contributed by atoms with Crippen molar-refractivity contribution in [1.82, 2.24) is 4.90 Å². The van der Waals surface area contributed by atoms with E-state index in [2.05, 4.69) is 49.9 Å². The van der Waals surface area contributed by atoms with Crippen molar-refractivity contribution in [3.05, 3.63) is 70.1 Å². The van der Waals surface area contributed by atoms with E-state index in [9.17, 15) is 10.0 Å². The van der Waals surface area contributed by atoms with Gasteiger partial charge in [-0.2, -0.15) is 4.91 Å². The Labute approximate surface area is 156 Å². The molecule has 0 fully saturated rings. The molecule has 2 rings (SSSR count). The first-order valence-electron chi connectivity index (χ1n) is 9.35. The van der Waals surface area contributed by atoms with Crippen LogP contribution in [0.15, 0.2) is 53.7 Å². The summed E-state index contributed by atoms with van der Waals surface area (Å²) in [6, 6.07) is 16.5. The van der Waals surface area contributed by atoms with E-state index >= 15 is 0 Å². The molecule has 0 saturated heterocycles. The first-order chi connectivity index (χ1) is 12.4. The van der Waals surface area contributed by atoms with Gasteiger partial charge in [0.25, 0.3) is 0 Å². The van der Waals surface area contributed by atoms with Crippen LogP contribution in [0.3, 0.4) is 0 Å². The van der Waals surface area contributed by atoms with Crippen molar-refractivity contribution in [3.63, 3.8) is 0 Å². The molecule has 26 heavy (non-hydrogen) atoms. The van der Waals surface area contributed by atoms with Gasteiger partial charge in [0.05, 0.1) is 0 Å². The average Bonchev–Trinajstić information content (AvgIpc) is 2.61. The van der Waals surface area contributed by atoms with E-state index < -0.39 is 0 Å². The fraction of sp³-hybridized carbons (Fsp3) is 0.455. The number of rotatable bonds is 9. The first-order valence-corrected chi connectivity index (χ1v) is 9.35. The number of benzene rings is 2. The summed E-state index contributed by atoms with van der Waals surface area (Å²) in [5.74, 6) is 0.344. The molecule has 0 radical (unpaired) electrons. The fourth-order valence-corrected chi connectivity index (χ4v) is 3.63. The number of hydrogen-bond donors (Lipinski definition) is 1. The van der Waals surface area contributed by atoms with Crippen LogP contribution in [0.5, 0.6) is 5.75 Å². The van der Waals surface area contributed by atoms with E-state index in [0.717, 1.165) is 24.1 Å². The predicted molar refractivity (Wildman–Crippen MR) is 107 cm³/mol. The Hall–Kier alpha value is -2.20. The topological polar surface area (TPSA) is 52.9 Å². The van der Waals surface area contributed by atoms with Crippen LogP contribution >= 0.6 is 0 Å². The molecule has 0 heterocycles. The summed E-state index contributed by atoms with van der Waals surface area (Å²) in [7, 11) is 0. The minimum Gasteiger partial charge on any atom is -0.508 e. The highest BCUT2D eigenvalue weighted by molar-refractivity contribution is 5.43. The van der Waals surface area contributed by atoms with Gasteiger partial charge in [-0.15, -0.1) is 0 Å². The molecular formula is C22H30N2O2. The van der Waals surface area contributed by atoms with Gasteiger partial charge in [-0.25, -0.2) is 0 Å². The van der Waals surface area contributed by atoms with Crippen LogP contribution in [-0.2, 0) is 6.54 Å². The zero-order valence-corrected chi connectivity index (χ0v) is 16.2. The minimum absolute atomic E-state index is 0.0720. The zero-order valence-electron chi connectivity index (χ0n) is 16.2. The summed E-state index contributed by atoms with van der Waals surface area (Å²) in [5, 5.41) is 13.5. The molecule has 0 bridgehead atoms. The number of phenolic OH excluding ortho intramolecular Hbond substituents is 1. The Bertz CT molecular complexity index is 691. The lowest BCUT2D eigenvalue weighted by Gasteiger charge is -2.32. The van der Waals surface area contributed by atoms with Gasteiger partial charge in [-0.3, -0.25) is 4.90 Å². The van der Waals surface area contributed by atoms with E-state index in [-0.39, 0.29) is 18.2 Å². The van der Waals surface area contributed by atoms with Crippen molar-refractivity contribution in [1.29, 1.82) is 0 Å². The van der Waals surface area contributed by atoms with Crippen LogP contribution < -0.4 is 0 Å². The SMILES string of the molecule is CC(C)N(CC[C@H](c1ccccc1)c1cc(CN=O)ccc1O)C(C)C. The second kappa shape index (κ2) is 9.48. The number of aromatic hydroxyl groups is 1. The number of hydrogen-bond acceptors (Lipinski definition) is 4. The summed E-state index contributed by atoms with van der Waals surface area (Å²) >= 11 is 0. The normalized spacial score (nSPS) is 12.7. The average molecular weight is 354 g/mol. The lowest BCUT2D eigenvalue weighted by molar-refractivity contribution is 0.170. The predicted octanol–water partition coefficient (Wildman–Crippen LogP) is 5.30. The lowest BCUT2D eigenvalue weighted by atomic mass is 9.86. The highest BCUT2D eigenvalue weighted by atomic mass is 16.3. The second-order valence-corrected chi connectivity index (χ2v) is 7.36. The third kappa shape index (κ3) is 5.15. The van der Waals surface area contributed by atoms with Crippen molar-refractivity contribution < 1.29 is 5.11 Å². The Morgan fingerprint density at radius 3 is 2.23 bits per heavy atom. The molecule has 2 aromatic rings. The smallest absolute Gasteiger partial charge is 0.119 e. The maximum Gasteiger partial charge on any atom is 0.119 e. The van der Waals surface area contributed by atoms with Crippen LogP contribution in [0, 0.1) is 4.91 Å². The molecule has 4 nitrogen and oxygen atoms in total. The highest BCUT2D eigenvalue weighted by Gasteiger charge is 2.21. The molecule has 0 amide bonds. The largest absolute Gasteiger partial charge is 0.508 e. The molecule has 0 spiro atoms. The summed E-state index contributed by atoms with van der Waals surface area (Å²) in [6.07, 6.45) is 0.895. The van der Waals surface area contributed by atoms with E-state index in [1.54, 1.807) is 12.1 Å². The molecule has 2 aromatic carbocycles. The van der Waals surface area contributed by atoms with Crippen LogP contribution in [0.25, 0.3) is 0 Å². The fourth-order valence-electron chi connectivity index (χ4n) is 3.63. The second-order valence-electron chi connectivity index (χ2n) is 7.36. The molecule has 0 unspecified atom stereocenters. The molecule has 0 aromatic heterocycles. The van der Waals surface area contributed by atoms with E-state index in [0.29, 0.717) is 12.1 Å². The van der Waals surface area contributed by atoms with Crippen LogP contribution in [0.4, 0.5) is 0 Å². The molecule has 0 saturated carbocycles. The summed E-state index contributed by atoms with van der Waals surface area (Å²) in [5.41, 5.74) is 2.87. The van der Waals surface area contributed by atoms with Crippen molar-refractivity contribution >= 4 is 0 Å². The highest BCUT2D eigenvalue weighted by Crippen LogP contribution is 2.35. The monoisotopic (exact) mass is 354 g/mol. The van der Waals surface area contributed by atoms with Gasteiger partial charge >= 0.3 is 0 Å². The molecule has 0 aliphatic carbocycles. The number of phenols is 1. The molecule has 0 aliphatic rings. The van der Waals surface area contributed by atoms with Gasteiger partial charge in [0, 0.05) is 23.6 Å². The molecule has 0 aliphatic heterocycles. The maximum atomic E-state index is 10.7. The Kier molecular flexibility index (Phi) is 7.34. The maximum absolute atomic E-state index is 10.7. The number of nitroso groups, excluding NO2 is 1. The van der Waals surface area contributed by atoms with Crippen molar-refractivity contribution in [2.45, 2.75) is 58.7 Å². The molecular weight excluding hydrogens is 324 g/mol. The quantitative estimate of drug-likeness (QED) is 0.622. The van der Waals surface area contributed by atoms with Crippen LogP contribution in [0.1, 0.15) is 56.7 Å². The number of nitrogens with zero attached hydrogens (tertiary/aromatic N) is 2. The Morgan fingerprint density at radius 1 is 1.00 bits per heavy atom. The summed E-state index contributed by atoms with van der Waals surface area (Å²) in [6.45, 7) is 9.91. The van der Waals surface area contributed by atoms with Gasteiger partial charge < -0.3 is 5.11 Å². The third-order valence-electron chi connectivity index (χ3n) is 4.92. The van der Waals surface area contributed by atoms with E-state index in [1.165, 1.54) is 5.56 Å². The first kappa shape index (κ1) is 20.1. The van der Waals surface area contributed by atoms with Gasteiger partial charge in [-0.05, 0) is 63.9 Å². The zero-order chi connectivity index (χ0) is 19.1. The van der Waals surface area contributed by atoms with Crippen LogP contribution in [0.2, 0.25) is 0 Å². The molecule has 1 N–H and O–H groups in total. The lowest BCUT2D eigenvalue weighted by Crippen LogP contribution is -2.38. The molecule has 4 heteroatoms. The molecule has 140 valence electrons. The van der Waals surface area contributed by atoms with Gasteiger partial charge in [-0.1, -0.05) is 41.6 Å².